The fourth-order valence-electron chi connectivity index (χ4n) is 7.56. The van der Waals surface area contributed by atoms with Crippen LogP contribution in [-0.2, 0) is 0 Å². The van der Waals surface area contributed by atoms with Gasteiger partial charge in [0.05, 0.1) is 0 Å². The molecular weight excluding hydrogens is 300 g/mol. The monoisotopic (exact) mass is 340 g/mol. The molecule has 25 heavy (non-hydrogen) atoms. The van der Waals surface area contributed by atoms with Gasteiger partial charge in [-0.1, -0.05) is 57.9 Å². The molecule has 0 amide bonds. The summed E-state index contributed by atoms with van der Waals surface area (Å²) in [6.45, 7) is 14.9. The first kappa shape index (κ1) is 17.9. The van der Waals surface area contributed by atoms with Crippen LogP contribution in [0.15, 0.2) is 23.3 Å². The Bertz CT molecular complexity index is 600. The topological polar surface area (TPSA) is 0 Å². The van der Waals surface area contributed by atoms with Crippen molar-refractivity contribution in [1.82, 2.24) is 0 Å². The van der Waals surface area contributed by atoms with Crippen molar-refractivity contribution in [3.63, 3.8) is 0 Å². The molecule has 0 N–H and O–H groups in total. The third-order valence-electron chi connectivity index (χ3n) is 9.08. The number of rotatable bonds is 1. The molecule has 140 valence electrons. The fraction of sp³-hybridized carbons (Fsp3) is 0.840. The smallest absolute Gasteiger partial charge is 0.00850 e. The second kappa shape index (κ2) is 5.74. The summed E-state index contributed by atoms with van der Waals surface area (Å²) in [5.74, 6) is 3.76. The summed E-state index contributed by atoms with van der Waals surface area (Å²) in [7, 11) is 0. The molecule has 4 aliphatic rings. The van der Waals surface area contributed by atoms with E-state index in [2.05, 4.69) is 53.7 Å². The van der Waals surface area contributed by atoms with Crippen molar-refractivity contribution >= 4 is 0 Å². The zero-order valence-corrected chi connectivity index (χ0v) is 17.6. The van der Waals surface area contributed by atoms with Crippen molar-refractivity contribution in [1.29, 1.82) is 0 Å². The molecule has 0 aliphatic heterocycles. The van der Waals surface area contributed by atoms with Crippen molar-refractivity contribution in [3.8, 4) is 0 Å². The van der Waals surface area contributed by atoms with Crippen LogP contribution in [0.2, 0.25) is 0 Å². The van der Waals surface area contributed by atoms with E-state index < -0.39 is 0 Å². The van der Waals surface area contributed by atoms with Crippen molar-refractivity contribution in [2.24, 2.45) is 39.9 Å². The summed E-state index contributed by atoms with van der Waals surface area (Å²) >= 11 is 0. The lowest BCUT2D eigenvalue weighted by Gasteiger charge is -2.58. The molecule has 6 atom stereocenters. The van der Waals surface area contributed by atoms with Crippen molar-refractivity contribution in [3.05, 3.63) is 23.3 Å². The molecule has 2 fully saturated rings. The van der Waals surface area contributed by atoms with Crippen LogP contribution in [0.25, 0.3) is 0 Å². The molecule has 0 bridgehead atoms. The number of hydrogen-bond donors (Lipinski definition) is 0. The molecule has 0 aromatic rings. The highest BCUT2D eigenvalue weighted by atomic mass is 14.6. The SMILES string of the molecule is CC1=CC[C@H]2[C@@H]3CC=C4CC(CC(C)(C)C)CC[C@]4(C)[C@H]3CC[C@]12C. The molecule has 0 heterocycles. The minimum absolute atomic E-state index is 0.482. The predicted molar refractivity (Wildman–Crippen MR) is 108 cm³/mol. The second-order valence-electron chi connectivity index (χ2n) is 11.7. The van der Waals surface area contributed by atoms with E-state index in [-0.39, 0.29) is 0 Å². The quantitative estimate of drug-likeness (QED) is 0.432. The Morgan fingerprint density at radius 1 is 0.960 bits per heavy atom. The average molecular weight is 341 g/mol. The van der Waals surface area contributed by atoms with E-state index in [9.17, 15) is 0 Å². The van der Waals surface area contributed by atoms with Crippen molar-refractivity contribution in [2.45, 2.75) is 92.9 Å². The standard InChI is InChI=1S/C25H40/c1-17-7-10-21-20-9-8-19-15-18(16-23(2,3)4)11-13-25(19,6)22(20)12-14-24(17,21)5/h7-8,18,20-22H,9-16H2,1-6H3/t18?,20-,21-,22-,24+,25-/m0/s1. The highest BCUT2D eigenvalue weighted by Crippen LogP contribution is 2.65. The molecule has 1 unspecified atom stereocenters. The number of allylic oxidation sites excluding steroid dienone is 4. The number of fused-ring (bicyclic) bond motifs is 5. The normalized spacial score (nSPS) is 46.6. The maximum Gasteiger partial charge on any atom is -0.00850 e. The van der Waals surface area contributed by atoms with Crippen LogP contribution in [0.3, 0.4) is 0 Å². The Labute approximate surface area is 156 Å². The van der Waals surface area contributed by atoms with Gasteiger partial charge in [0.2, 0.25) is 0 Å². The van der Waals surface area contributed by atoms with Gasteiger partial charge >= 0.3 is 0 Å². The van der Waals surface area contributed by atoms with Gasteiger partial charge in [0, 0.05) is 0 Å². The van der Waals surface area contributed by atoms with Crippen LogP contribution in [-0.4, -0.2) is 0 Å². The first-order chi connectivity index (χ1) is 11.6. The van der Waals surface area contributed by atoms with Crippen LogP contribution in [0, 0.1) is 39.9 Å². The summed E-state index contributed by atoms with van der Waals surface area (Å²) in [5.41, 5.74) is 5.09. The molecule has 4 aliphatic carbocycles. The molecule has 0 spiro atoms. The van der Waals surface area contributed by atoms with Gasteiger partial charge in [-0.25, -0.2) is 0 Å². The summed E-state index contributed by atoms with van der Waals surface area (Å²) in [4.78, 5) is 0. The summed E-state index contributed by atoms with van der Waals surface area (Å²) in [6.07, 6.45) is 16.7. The van der Waals surface area contributed by atoms with Crippen molar-refractivity contribution in [2.75, 3.05) is 0 Å². The second-order valence-corrected chi connectivity index (χ2v) is 11.7. The van der Waals surface area contributed by atoms with Gasteiger partial charge in [0.1, 0.15) is 0 Å². The summed E-state index contributed by atoms with van der Waals surface area (Å²) < 4.78 is 0. The van der Waals surface area contributed by atoms with E-state index in [0.29, 0.717) is 16.2 Å². The lowest BCUT2D eigenvalue weighted by atomic mass is 9.47. The molecule has 0 nitrogen and oxygen atoms in total. The van der Waals surface area contributed by atoms with Gasteiger partial charge in [-0.15, -0.1) is 0 Å². The third-order valence-corrected chi connectivity index (χ3v) is 9.08. The molecular formula is C25H40. The van der Waals surface area contributed by atoms with Crippen LogP contribution >= 0.6 is 0 Å². The summed E-state index contributed by atoms with van der Waals surface area (Å²) in [5, 5.41) is 0. The molecule has 0 heteroatoms. The van der Waals surface area contributed by atoms with Gasteiger partial charge in [-0.2, -0.15) is 0 Å². The minimum Gasteiger partial charge on any atom is -0.0847 e. The highest BCUT2D eigenvalue weighted by molar-refractivity contribution is 5.29. The largest absolute Gasteiger partial charge is 0.0847 e. The zero-order chi connectivity index (χ0) is 18.0. The van der Waals surface area contributed by atoms with E-state index in [1.165, 1.54) is 51.4 Å². The van der Waals surface area contributed by atoms with E-state index in [1.807, 2.05) is 5.57 Å². The van der Waals surface area contributed by atoms with Gasteiger partial charge in [0.15, 0.2) is 0 Å². The molecule has 0 radical (unpaired) electrons. The Balaban J connectivity index is 1.57. The first-order valence-electron chi connectivity index (χ1n) is 11.0. The van der Waals surface area contributed by atoms with E-state index in [0.717, 1.165) is 23.7 Å². The van der Waals surface area contributed by atoms with E-state index in [4.69, 9.17) is 0 Å². The van der Waals surface area contributed by atoms with E-state index >= 15 is 0 Å². The molecule has 0 aromatic heterocycles. The Morgan fingerprint density at radius 3 is 2.40 bits per heavy atom. The fourth-order valence-corrected chi connectivity index (χ4v) is 7.56. The van der Waals surface area contributed by atoms with Crippen molar-refractivity contribution < 1.29 is 0 Å². The third kappa shape index (κ3) is 2.78. The summed E-state index contributed by atoms with van der Waals surface area (Å²) in [6, 6.07) is 0. The van der Waals surface area contributed by atoms with Crippen LogP contribution in [0.4, 0.5) is 0 Å². The first-order valence-corrected chi connectivity index (χ1v) is 11.0. The highest BCUT2D eigenvalue weighted by Gasteiger charge is 2.55. The van der Waals surface area contributed by atoms with Crippen LogP contribution in [0.1, 0.15) is 92.9 Å². The average Bonchev–Trinajstić information content (AvgIpc) is 2.82. The van der Waals surface area contributed by atoms with Gasteiger partial charge in [-0.05, 0) is 98.2 Å². The molecule has 2 saturated carbocycles. The van der Waals surface area contributed by atoms with Gasteiger partial charge in [0.25, 0.3) is 0 Å². The minimum atomic E-state index is 0.482. The Morgan fingerprint density at radius 2 is 1.68 bits per heavy atom. The Kier molecular flexibility index (Phi) is 4.10. The maximum absolute atomic E-state index is 2.73. The predicted octanol–water partition coefficient (Wildman–Crippen LogP) is 7.56. The molecule has 0 aromatic carbocycles. The Hall–Kier alpha value is -0.520. The van der Waals surface area contributed by atoms with E-state index in [1.54, 1.807) is 5.57 Å². The van der Waals surface area contributed by atoms with Gasteiger partial charge < -0.3 is 0 Å². The number of hydrogen-bond acceptors (Lipinski definition) is 0. The zero-order valence-electron chi connectivity index (χ0n) is 17.6. The van der Waals surface area contributed by atoms with Gasteiger partial charge in [-0.3, -0.25) is 0 Å². The lowest BCUT2D eigenvalue weighted by Crippen LogP contribution is -2.49. The van der Waals surface area contributed by atoms with Crippen LogP contribution < -0.4 is 0 Å². The van der Waals surface area contributed by atoms with Crippen LogP contribution in [0.5, 0.6) is 0 Å². The molecule has 4 rings (SSSR count). The molecule has 0 saturated heterocycles. The lowest BCUT2D eigenvalue weighted by molar-refractivity contribution is -0.0226. The maximum atomic E-state index is 2.73.